The van der Waals surface area contributed by atoms with Crippen molar-refractivity contribution in [3.05, 3.63) is 12.4 Å². The summed E-state index contributed by atoms with van der Waals surface area (Å²) in [4.78, 5) is 8.19. The zero-order chi connectivity index (χ0) is 11.4. The van der Waals surface area contributed by atoms with Crippen LogP contribution >= 0.6 is 0 Å². The second-order valence-electron chi connectivity index (χ2n) is 4.85. The third-order valence-corrected chi connectivity index (χ3v) is 3.29. The highest BCUT2D eigenvalue weighted by atomic mass is 15.0. The maximum Gasteiger partial charge on any atom is 0.144 e. The molecule has 2 rings (SSSR count). The lowest BCUT2D eigenvalue weighted by Crippen LogP contribution is -2.21. The average Bonchev–Trinajstić information content (AvgIpc) is 2.28. The van der Waals surface area contributed by atoms with Crippen molar-refractivity contribution in [1.29, 1.82) is 0 Å². The van der Waals surface area contributed by atoms with Crippen LogP contribution in [0.4, 0.5) is 11.6 Å². The highest BCUT2D eigenvalue weighted by Gasteiger charge is 2.18. The van der Waals surface area contributed by atoms with Crippen LogP contribution in [0.5, 0.6) is 0 Å². The molecule has 0 saturated heterocycles. The fraction of sp³-hybridized carbons (Fsp3) is 0.667. The molecule has 4 nitrogen and oxygen atoms in total. The van der Waals surface area contributed by atoms with Crippen molar-refractivity contribution in [2.45, 2.75) is 32.6 Å². The first-order chi connectivity index (χ1) is 7.74. The van der Waals surface area contributed by atoms with E-state index >= 15 is 0 Å². The standard InChI is InChI=1S/C12H20N4/c1-9-3-2-4-10(5-9)6-15-12-8-14-11(13)7-16-12/h7-10H,2-6H2,1H3,(H2,13,14)(H,15,16). The molecule has 3 N–H and O–H groups in total. The lowest BCUT2D eigenvalue weighted by molar-refractivity contribution is 0.293. The summed E-state index contributed by atoms with van der Waals surface area (Å²) in [5.41, 5.74) is 5.48. The fourth-order valence-corrected chi connectivity index (χ4v) is 2.42. The zero-order valence-corrected chi connectivity index (χ0v) is 9.82. The predicted octanol–water partition coefficient (Wildman–Crippen LogP) is 2.30. The van der Waals surface area contributed by atoms with Gasteiger partial charge in [0.25, 0.3) is 0 Å². The van der Waals surface area contributed by atoms with Crippen molar-refractivity contribution < 1.29 is 0 Å². The predicted molar refractivity (Wildman–Crippen MR) is 66.1 cm³/mol. The number of nitrogens with one attached hydrogen (secondary N) is 1. The summed E-state index contributed by atoms with van der Waals surface area (Å²) in [7, 11) is 0. The number of nitrogens with zero attached hydrogens (tertiary/aromatic N) is 2. The number of hydrogen-bond acceptors (Lipinski definition) is 4. The van der Waals surface area contributed by atoms with E-state index in [1.165, 1.54) is 25.7 Å². The van der Waals surface area contributed by atoms with Crippen LogP contribution in [0.25, 0.3) is 0 Å². The molecular weight excluding hydrogens is 200 g/mol. The van der Waals surface area contributed by atoms with Crippen molar-refractivity contribution >= 4 is 11.6 Å². The van der Waals surface area contributed by atoms with Gasteiger partial charge in [-0.05, 0) is 24.7 Å². The topological polar surface area (TPSA) is 63.8 Å². The Balaban J connectivity index is 1.80. The summed E-state index contributed by atoms with van der Waals surface area (Å²) in [6, 6.07) is 0. The number of nitrogen functional groups attached to an aromatic ring is 1. The van der Waals surface area contributed by atoms with Gasteiger partial charge in [0.1, 0.15) is 11.6 Å². The van der Waals surface area contributed by atoms with Crippen molar-refractivity contribution in [3.63, 3.8) is 0 Å². The van der Waals surface area contributed by atoms with Crippen LogP contribution in [0.15, 0.2) is 12.4 Å². The number of aromatic nitrogens is 2. The van der Waals surface area contributed by atoms with E-state index in [4.69, 9.17) is 5.73 Å². The van der Waals surface area contributed by atoms with E-state index < -0.39 is 0 Å². The van der Waals surface area contributed by atoms with Gasteiger partial charge in [-0.1, -0.05) is 19.8 Å². The average molecular weight is 220 g/mol. The van der Waals surface area contributed by atoms with Crippen LogP contribution < -0.4 is 11.1 Å². The summed E-state index contributed by atoms with van der Waals surface area (Å²) in [5, 5.41) is 3.33. The van der Waals surface area contributed by atoms with Crippen LogP contribution in [0.1, 0.15) is 32.6 Å². The van der Waals surface area contributed by atoms with Crippen molar-refractivity contribution in [2.24, 2.45) is 11.8 Å². The van der Waals surface area contributed by atoms with Gasteiger partial charge in [0.15, 0.2) is 0 Å². The minimum Gasteiger partial charge on any atom is -0.382 e. The highest BCUT2D eigenvalue weighted by molar-refractivity contribution is 5.35. The molecule has 1 heterocycles. The Hall–Kier alpha value is -1.32. The molecule has 1 aliphatic carbocycles. The first-order valence-electron chi connectivity index (χ1n) is 6.05. The Kier molecular flexibility index (Phi) is 3.59. The molecule has 0 bridgehead atoms. The van der Waals surface area contributed by atoms with Crippen molar-refractivity contribution in [3.8, 4) is 0 Å². The van der Waals surface area contributed by atoms with Crippen LogP contribution in [-0.2, 0) is 0 Å². The molecule has 16 heavy (non-hydrogen) atoms. The van der Waals surface area contributed by atoms with E-state index in [1.807, 2.05) is 0 Å². The number of rotatable bonds is 3. The van der Waals surface area contributed by atoms with Gasteiger partial charge in [0.05, 0.1) is 12.4 Å². The van der Waals surface area contributed by atoms with E-state index in [-0.39, 0.29) is 0 Å². The molecule has 1 aliphatic rings. The summed E-state index contributed by atoms with van der Waals surface area (Å²) in [6.45, 7) is 3.35. The Morgan fingerprint density at radius 3 is 2.94 bits per heavy atom. The second kappa shape index (κ2) is 5.14. The van der Waals surface area contributed by atoms with Gasteiger partial charge in [0.2, 0.25) is 0 Å². The molecular formula is C12H20N4. The lowest BCUT2D eigenvalue weighted by Gasteiger charge is -2.26. The Labute approximate surface area is 96.7 Å². The van der Waals surface area contributed by atoms with Gasteiger partial charge >= 0.3 is 0 Å². The number of nitrogens with two attached hydrogens (primary N) is 1. The highest BCUT2D eigenvalue weighted by Crippen LogP contribution is 2.28. The van der Waals surface area contributed by atoms with Crippen LogP contribution in [0.3, 0.4) is 0 Å². The molecule has 4 heteroatoms. The van der Waals surface area contributed by atoms with E-state index in [9.17, 15) is 0 Å². The molecule has 1 aromatic rings. The fourth-order valence-electron chi connectivity index (χ4n) is 2.42. The molecule has 88 valence electrons. The van der Waals surface area contributed by atoms with Gasteiger partial charge in [-0.2, -0.15) is 0 Å². The van der Waals surface area contributed by atoms with Crippen molar-refractivity contribution in [1.82, 2.24) is 9.97 Å². The van der Waals surface area contributed by atoms with Gasteiger partial charge in [0, 0.05) is 6.54 Å². The largest absolute Gasteiger partial charge is 0.382 e. The van der Waals surface area contributed by atoms with Crippen LogP contribution in [0.2, 0.25) is 0 Å². The third-order valence-electron chi connectivity index (χ3n) is 3.29. The molecule has 0 aliphatic heterocycles. The molecule has 0 radical (unpaired) electrons. The van der Waals surface area contributed by atoms with Gasteiger partial charge in [-0.15, -0.1) is 0 Å². The summed E-state index contributed by atoms with van der Waals surface area (Å²) in [5.74, 6) is 2.95. The first kappa shape index (κ1) is 11.2. The van der Waals surface area contributed by atoms with Crippen molar-refractivity contribution in [2.75, 3.05) is 17.6 Å². The lowest BCUT2D eigenvalue weighted by atomic mass is 9.82. The molecule has 0 aromatic carbocycles. The monoisotopic (exact) mass is 220 g/mol. The third kappa shape index (κ3) is 3.08. The zero-order valence-electron chi connectivity index (χ0n) is 9.82. The van der Waals surface area contributed by atoms with E-state index in [2.05, 4.69) is 22.2 Å². The minimum absolute atomic E-state index is 0.469. The maximum atomic E-state index is 5.48. The summed E-state index contributed by atoms with van der Waals surface area (Å²) >= 11 is 0. The molecule has 2 unspecified atom stereocenters. The molecule has 0 amide bonds. The Morgan fingerprint density at radius 1 is 1.38 bits per heavy atom. The maximum absolute atomic E-state index is 5.48. The smallest absolute Gasteiger partial charge is 0.144 e. The summed E-state index contributed by atoms with van der Waals surface area (Å²) in [6.07, 6.45) is 8.70. The Morgan fingerprint density at radius 2 is 2.25 bits per heavy atom. The van der Waals surface area contributed by atoms with Gasteiger partial charge < -0.3 is 11.1 Å². The normalized spacial score (nSPS) is 25.3. The quantitative estimate of drug-likeness (QED) is 0.820. The second-order valence-corrected chi connectivity index (χ2v) is 4.85. The summed E-state index contributed by atoms with van der Waals surface area (Å²) < 4.78 is 0. The van der Waals surface area contributed by atoms with Gasteiger partial charge in [-0.3, -0.25) is 0 Å². The van der Waals surface area contributed by atoms with E-state index in [0.717, 1.165) is 24.2 Å². The molecule has 1 aromatic heterocycles. The van der Waals surface area contributed by atoms with Crippen LogP contribution in [0, 0.1) is 11.8 Å². The van der Waals surface area contributed by atoms with Crippen LogP contribution in [-0.4, -0.2) is 16.5 Å². The molecule has 1 saturated carbocycles. The van der Waals surface area contributed by atoms with E-state index in [1.54, 1.807) is 12.4 Å². The number of anilines is 2. The first-order valence-corrected chi connectivity index (χ1v) is 6.05. The SMILES string of the molecule is CC1CCCC(CNc2cnc(N)cn2)C1. The van der Waals surface area contributed by atoms with E-state index in [0.29, 0.717) is 5.82 Å². The minimum atomic E-state index is 0.469. The Bertz CT molecular complexity index is 322. The number of hydrogen-bond donors (Lipinski definition) is 2. The molecule has 0 spiro atoms. The van der Waals surface area contributed by atoms with Gasteiger partial charge in [-0.25, -0.2) is 9.97 Å². The molecule has 2 atom stereocenters. The molecule has 1 fully saturated rings.